The summed E-state index contributed by atoms with van der Waals surface area (Å²) in [5, 5.41) is 2.86. The molecule has 0 spiro atoms. The van der Waals surface area contributed by atoms with Gasteiger partial charge in [-0.1, -0.05) is 12.1 Å². The summed E-state index contributed by atoms with van der Waals surface area (Å²) in [6.45, 7) is 0. The van der Waals surface area contributed by atoms with Crippen molar-refractivity contribution in [3.05, 3.63) is 72.3 Å². The van der Waals surface area contributed by atoms with Crippen LogP contribution in [-0.2, 0) is 10.0 Å². The lowest BCUT2D eigenvalue weighted by atomic mass is 10.0. The summed E-state index contributed by atoms with van der Waals surface area (Å²) in [5.74, 6) is 1.08. The quantitative estimate of drug-likeness (QED) is 0.538. The summed E-state index contributed by atoms with van der Waals surface area (Å²) in [6, 6.07) is 18.8. The summed E-state index contributed by atoms with van der Waals surface area (Å²) in [5.41, 5.74) is 2.68. The third kappa shape index (κ3) is 4.92. The van der Waals surface area contributed by atoms with E-state index in [2.05, 4.69) is 10.0 Å². The molecule has 7 nitrogen and oxygen atoms in total. The maximum atomic E-state index is 12.7. The first-order chi connectivity index (χ1) is 15.4. The SMILES string of the molecule is COc1ccc(-c2cc(NC(=O)c3ccc(S(=O)(=O)NC4CC4)cc3)ccc2OC)cc1. The Balaban J connectivity index is 1.52. The predicted octanol–water partition coefficient (Wildman–Crippen LogP) is 4.06. The van der Waals surface area contributed by atoms with E-state index in [-0.39, 0.29) is 16.8 Å². The van der Waals surface area contributed by atoms with E-state index < -0.39 is 10.0 Å². The van der Waals surface area contributed by atoms with Crippen molar-refractivity contribution in [1.82, 2.24) is 4.72 Å². The van der Waals surface area contributed by atoms with Gasteiger partial charge >= 0.3 is 0 Å². The van der Waals surface area contributed by atoms with Crippen LogP contribution in [0.25, 0.3) is 11.1 Å². The molecule has 0 heterocycles. The van der Waals surface area contributed by atoms with Gasteiger partial charge < -0.3 is 14.8 Å². The molecule has 0 bridgehead atoms. The maximum absolute atomic E-state index is 12.7. The average molecular weight is 453 g/mol. The molecule has 2 N–H and O–H groups in total. The summed E-state index contributed by atoms with van der Waals surface area (Å²) >= 11 is 0. The molecule has 1 aliphatic rings. The van der Waals surface area contributed by atoms with Crippen LogP contribution in [0, 0.1) is 0 Å². The Labute approximate surface area is 187 Å². The van der Waals surface area contributed by atoms with Crippen LogP contribution in [0.3, 0.4) is 0 Å². The van der Waals surface area contributed by atoms with Gasteiger partial charge in [0, 0.05) is 22.9 Å². The van der Waals surface area contributed by atoms with Crippen LogP contribution in [0.2, 0.25) is 0 Å². The van der Waals surface area contributed by atoms with Crippen LogP contribution in [0.15, 0.2) is 71.6 Å². The van der Waals surface area contributed by atoms with Crippen LogP contribution >= 0.6 is 0 Å². The van der Waals surface area contributed by atoms with Gasteiger partial charge in [0.25, 0.3) is 5.91 Å². The molecule has 0 saturated heterocycles. The number of rotatable bonds is 8. The van der Waals surface area contributed by atoms with E-state index in [1.54, 1.807) is 26.4 Å². The Morgan fingerprint density at radius 2 is 1.59 bits per heavy atom. The molecule has 166 valence electrons. The molecule has 0 aliphatic heterocycles. The van der Waals surface area contributed by atoms with Crippen LogP contribution in [-0.4, -0.2) is 34.6 Å². The number of ether oxygens (including phenoxy) is 2. The Hall–Kier alpha value is -3.36. The molecular weight excluding hydrogens is 428 g/mol. The lowest BCUT2D eigenvalue weighted by Gasteiger charge is -2.13. The van der Waals surface area contributed by atoms with Crippen LogP contribution in [0.1, 0.15) is 23.2 Å². The van der Waals surface area contributed by atoms with Crippen molar-refractivity contribution < 1.29 is 22.7 Å². The van der Waals surface area contributed by atoms with Gasteiger partial charge in [-0.05, 0) is 73.0 Å². The molecule has 4 rings (SSSR count). The van der Waals surface area contributed by atoms with Crippen molar-refractivity contribution in [3.8, 4) is 22.6 Å². The molecule has 0 atom stereocenters. The van der Waals surface area contributed by atoms with Crippen molar-refractivity contribution in [2.24, 2.45) is 0 Å². The highest BCUT2D eigenvalue weighted by atomic mass is 32.2. The molecular formula is C24H24N2O5S. The monoisotopic (exact) mass is 452 g/mol. The average Bonchev–Trinajstić information content (AvgIpc) is 3.62. The number of hydrogen-bond acceptors (Lipinski definition) is 5. The summed E-state index contributed by atoms with van der Waals surface area (Å²) < 4.78 is 37.9. The maximum Gasteiger partial charge on any atom is 0.255 e. The summed E-state index contributed by atoms with van der Waals surface area (Å²) in [7, 11) is -0.352. The van der Waals surface area contributed by atoms with E-state index in [9.17, 15) is 13.2 Å². The van der Waals surface area contributed by atoms with Gasteiger partial charge in [0.15, 0.2) is 0 Å². The molecule has 1 amide bonds. The van der Waals surface area contributed by atoms with Gasteiger partial charge in [-0.3, -0.25) is 4.79 Å². The van der Waals surface area contributed by atoms with Gasteiger partial charge in [-0.15, -0.1) is 0 Å². The smallest absolute Gasteiger partial charge is 0.255 e. The number of carbonyl (C=O) groups excluding carboxylic acids is 1. The summed E-state index contributed by atoms with van der Waals surface area (Å²) in [6.07, 6.45) is 1.72. The second kappa shape index (κ2) is 9.02. The molecule has 0 radical (unpaired) electrons. The number of amides is 1. The number of methoxy groups -OCH3 is 2. The number of sulfonamides is 1. The lowest BCUT2D eigenvalue weighted by molar-refractivity contribution is 0.102. The molecule has 1 saturated carbocycles. The van der Waals surface area contributed by atoms with E-state index in [0.717, 1.165) is 29.7 Å². The van der Waals surface area contributed by atoms with E-state index in [1.165, 1.54) is 24.3 Å². The van der Waals surface area contributed by atoms with Gasteiger partial charge in [-0.25, -0.2) is 13.1 Å². The second-order valence-corrected chi connectivity index (χ2v) is 9.23. The minimum atomic E-state index is -3.55. The van der Waals surface area contributed by atoms with E-state index in [4.69, 9.17) is 9.47 Å². The minimum absolute atomic E-state index is 0.0259. The van der Waals surface area contributed by atoms with Gasteiger partial charge in [0.1, 0.15) is 11.5 Å². The van der Waals surface area contributed by atoms with Crippen molar-refractivity contribution in [1.29, 1.82) is 0 Å². The molecule has 0 aromatic heterocycles. The van der Waals surface area contributed by atoms with Crippen LogP contribution < -0.4 is 19.5 Å². The van der Waals surface area contributed by atoms with E-state index in [0.29, 0.717) is 17.0 Å². The van der Waals surface area contributed by atoms with Gasteiger partial charge in [-0.2, -0.15) is 0 Å². The highest BCUT2D eigenvalue weighted by Gasteiger charge is 2.28. The van der Waals surface area contributed by atoms with E-state index in [1.807, 2.05) is 30.3 Å². The topological polar surface area (TPSA) is 93.7 Å². The van der Waals surface area contributed by atoms with Crippen molar-refractivity contribution in [3.63, 3.8) is 0 Å². The predicted molar refractivity (Wildman–Crippen MR) is 123 cm³/mol. The zero-order valence-corrected chi connectivity index (χ0v) is 18.6. The highest BCUT2D eigenvalue weighted by molar-refractivity contribution is 7.89. The van der Waals surface area contributed by atoms with Crippen LogP contribution in [0.5, 0.6) is 11.5 Å². The third-order valence-corrected chi connectivity index (χ3v) is 6.72. The zero-order valence-electron chi connectivity index (χ0n) is 17.8. The fraction of sp³-hybridized carbons (Fsp3) is 0.208. The molecule has 1 aliphatic carbocycles. The number of hydrogen-bond donors (Lipinski definition) is 2. The number of anilines is 1. The van der Waals surface area contributed by atoms with Crippen molar-refractivity contribution in [2.45, 2.75) is 23.8 Å². The molecule has 3 aromatic carbocycles. The fourth-order valence-corrected chi connectivity index (χ4v) is 4.56. The van der Waals surface area contributed by atoms with Crippen LogP contribution in [0.4, 0.5) is 5.69 Å². The normalized spacial score (nSPS) is 13.4. The fourth-order valence-electron chi connectivity index (χ4n) is 3.26. The molecule has 32 heavy (non-hydrogen) atoms. The Morgan fingerprint density at radius 1 is 0.906 bits per heavy atom. The Kier molecular flexibility index (Phi) is 6.16. The van der Waals surface area contributed by atoms with Crippen molar-refractivity contribution in [2.75, 3.05) is 19.5 Å². The largest absolute Gasteiger partial charge is 0.497 e. The molecule has 8 heteroatoms. The van der Waals surface area contributed by atoms with Gasteiger partial charge in [0.05, 0.1) is 19.1 Å². The molecule has 1 fully saturated rings. The lowest BCUT2D eigenvalue weighted by Crippen LogP contribution is -2.25. The highest BCUT2D eigenvalue weighted by Crippen LogP contribution is 2.33. The first-order valence-electron chi connectivity index (χ1n) is 10.2. The minimum Gasteiger partial charge on any atom is -0.497 e. The number of nitrogens with one attached hydrogen (secondary N) is 2. The number of benzene rings is 3. The third-order valence-electron chi connectivity index (χ3n) is 5.18. The number of carbonyl (C=O) groups is 1. The summed E-state index contributed by atoms with van der Waals surface area (Å²) in [4.78, 5) is 12.9. The van der Waals surface area contributed by atoms with Gasteiger partial charge in [0.2, 0.25) is 10.0 Å². The Morgan fingerprint density at radius 3 is 2.19 bits per heavy atom. The van der Waals surface area contributed by atoms with Crippen molar-refractivity contribution >= 4 is 21.6 Å². The Bertz CT molecular complexity index is 1220. The second-order valence-electron chi connectivity index (χ2n) is 7.52. The standard InChI is InChI=1S/C24H24N2O5S/c1-30-20-10-3-16(4-11-20)22-15-19(9-14-23(22)31-2)25-24(27)17-5-12-21(13-6-17)32(28,29)26-18-7-8-18/h3-6,9-15,18,26H,7-8H2,1-2H3,(H,25,27). The molecule has 0 unspecified atom stereocenters. The van der Waals surface area contributed by atoms with E-state index >= 15 is 0 Å². The first kappa shape index (κ1) is 21.9. The zero-order chi connectivity index (χ0) is 22.7. The molecule has 3 aromatic rings. The first-order valence-corrected chi connectivity index (χ1v) is 11.6.